The lowest BCUT2D eigenvalue weighted by Gasteiger charge is -2.10. The summed E-state index contributed by atoms with van der Waals surface area (Å²) < 4.78 is 12.0. The van der Waals surface area contributed by atoms with Crippen LogP contribution in [0, 0.1) is 0 Å². The molecule has 0 unspecified atom stereocenters. The van der Waals surface area contributed by atoms with E-state index in [1.165, 1.54) is 4.68 Å². The molecule has 0 atom stereocenters. The highest BCUT2D eigenvalue weighted by Crippen LogP contribution is 2.22. The molecule has 0 spiro atoms. The van der Waals surface area contributed by atoms with E-state index >= 15 is 0 Å². The second-order valence-corrected chi connectivity index (χ2v) is 5.84. The molecule has 1 aromatic heterocycles. The number of aryl methyl sites for hydroxylation is 1. The topological polar surface area (TPSA) is 70.4 Å². The van der Waals surface area contributed by atoms with Gasteiger partial charge in [-0.3, -0.25) is 4.79 Å². The summed E-state index contributed by atoms with van der Waals surface area (Å²) in [6, 6.07) is 13.9. The van der Waals surface area contributed by atoms with Gasteiger partial charge in [0.1, 0.15) is 19.0 Å². The van der Waals surface area contributed by atoms with Crippen LogP contribution < -0.4 is 10.3 Å². The Morgan fingerprint density at radius 1 is 1.08 bits per heavy atom. The second-order valence-electron chi connectivity index (χ2n) is 5.43. The van der Waals surface area contributed by atoms with E-state index in [9.17, 15) is 9.59 Å². The molecule has 0 saturated carbocycles. The summed E-state index contributed by atoms with van der Waals surface area (Å²) in [5, 5.41) is 5.53. The summed E-state index contributed by atoms with van der Waals surface area (Å²) in [5.41, 5.74) is -0.124. The molecule has 26 heavy (non-hydrogen) atoms. The maximum Gasteiger partial charge on any atom is 0.359 e. The molecule has 134 valence electrons. The Hall–Kier alpha value is -2.86. The standard InChI is InChI=1S/C19H17ClN2O4/c1-2-22-18(23)14-8-4-3-7-13(14)17(21-22)19(24)26-12-11-25-16-10-6-5-9-15(16)20/h3-10H,2,11-12H2,1H3. The molecule has 0 amide bonds. The van der Waals surface area contributed by atoms with Gasteiger partial charge in [-0.1, -0.05) is 41.9 Å². The zero-order valence-electron chi connectivity index (χ0n) is 14.1. The highest BCUT2D eigenvalue weighted by Gasteiger charge is 2.17. The Morgan fingerprint density at radius 3 is 2.50 bits per heavy atom. The van der Waals surface area contributed by atoms with Gasteiger partial charge < -0.3 is 9.47 Å². The van der Waals surface area contributed by atoms with Crippen molar-refractivity contribution in [2.45, 2.75) is 13.5 Å². The van der Waals surface area contributed by atoms with Crippen LogP contribution in [0.4, 0.5) is 0 Å². The Labute approximate surface area is 154 Å². The highest BCUT2D eigenvalue weighted by molar-refractivity contribution is 6.32. The fourth-order valence-corrected chi connectivity index (χ4v) is 2.71. The summed E-state index contributed by atoms with van der Waals surface area (Å²) in [4.78, 5) is 24.7. The minimum absolute atomic E-state index is 0.0331. The Bertz CT molecular complexity index is 1000. The first-order chi connectivity index (χ1) is 12.6. The SMILES string of the molecule is CCn1nc(C(=O)OCCOc2ccccc2Cl)c2ccccc2c1=O. The fraction of sp³-hybridized carbons (Fsp3) is 0.211. The number of carbonyl (C=O) groups excluding carboxylic acids is 1. The lowest BCUT2D eigenvalue weighted by Crippen LogP contribution is -2.26. The maximum atomic E-state index is 12.4. The van der Waals surface area contributed by atoms with E-state index in [0.717, 1.165) is 0 Å². The number of ether oxygens (including phenoxy) is 2. The number of halogens is 1. The number of para-hydroxylation sites is 1. The van der Waals surface area contributed by atoms with Gasteiger partial charge in [0, 0.05) is 11.9 Å². The Kier molecular flexibility index (Phi) is 5.53. The lowest BCUT2D eigenvalue weighted by molar-refractivity contribution is 0.0443. The zero-order chi connectivity index (χ0) is 18.5. The van der Waals surface area contributed by atoms with Gasteiger partial charge in [0.15, 0.2) is 5.69 Å². The molecule has 3 rings (SSSR count). The molecule has 1 heterocycles. The van der Waals surface area contributed by atoms with E-state index in [1.54, 1.807) is 55.5 Å². The van der Waals surface area contributed by atoms with Crippen LogP contribution in [0.15, 0.2) is 53.3 Å². The fourth-order valence-electron chi connectivity index (χ4n) is 2.52. The lowest BCUT2D eigenvalue weighted by atomic mass is 10.1. The first-order valence-corrected chi connectivity index (χ1v) is 8.54. The van der Waals surface area contributed by atoms with Crippen molar-refractivity contribution in [1.29, 1.82) is 0 Å². The van der Waals surface area contributed by atoms with Gasteiger partial charge in [-0.15, -0.1) is 0 Å². The largest absolute Gasteiger partial charge is 0.488 e. The predicted molar refractivity (Wildman–Crippen MR) is 98.9 cm³/mol. The van der Waals surface area contributed by atoms with Gasteiger partial charge in [-0.05, 0) is 25.1 Å². The number of esters is 1. The smallest absolute Gasteiger partial charge is 0.359 e. The molecule has 0 radical (unpaired) electrons. The van der Waals surface area contributed by atoms with Crippen molar-refractivity contribution in [1.82, 2.24) is 9.78 Å². The zero-order valence-corrected chi connectivity index (χ0v) is 14.9. The molecule has 3 aromatic rings. The summed E-state index contributed by atoms with van der Waals surface area (Å²) in [6.45, 7) is 2.33. The van der Waals surface area contributed by atoms with Crippen molar-refractivity contribution in [3.63, 3.8) is 0 Å². The number of rotatable bonds is 6. The monoisotopic (exact) mass is 372 g/mol. The molecule has 0 fully saturated rings. The number of hydrogen-bond acceptors (Lipinski definition) is 5. The molecular weight excluding hydrogens is 356 g/mol. The van der Waals surface area contributed by atoms with Crippen LogP contribution >= 0.6 is 11.6 Å². The molecule has 7 heteroatoms. The van der Waals surface area contributed by atoms with Crippen molar-refractivity contribution >= 4 is 28.3 Å². The quantitative estimate of drug-likeness (QED) is 0.490. The van der Waals surface area contributed by atoms with Crippen molar-refractivity contribution in [3.05, 3.63) is 69.6 Å². The van der Waals surface area contributed by atoms with Crippen LogP contribution in [0.25, 0.3) is 10.8 Å². The summed E-state index contributed by atoms with van der Waals surface area (Å²) in [7, 11) is 0. The van der Waals surface area contributed by atoms with Crippen LogP contribution in [-0.4, -0.2) is 29.0 Å². The van der Waals surface area contributed by atoms with Crippen molar-refractivity contribution in [2.24, 2.45) is 0 Å². The van der Waals surface area contributed by atoms with E-state index in [-0.39, 0.29) is 24.5 Å². The molecule has 2 aromatic carbocycles. The number of benzene rings is 2. The number of aromatic nitrogens is 2. The molecule has 0 N–H and O–H groups in total. The number of hydrogen-bond donors (Lipinski definition) is 0. The van der Waals surface area contributed by atoms with Crippen LogP contribution in [-0.2, 0) is 11.3 Å². The van der Waals surface area contributed by atoms with E-state index in [4.69, 9.17) is 21.1 Å². The van der Waals surface area contributed by atoms with Crippen molar-refractivity contribution < 1.29 is 14.3 Å². The highest BCUT2D eigenvalue weighted by atomic mass is 35.5. The average Bonchev–Trinajstić information content (AvgIpc) is 2.67. The molecule has 0 aliphatic heterocycles. The van der Waals surface area contributed by atoms with Gasteiger partial charge in [0.05, 0.1) is 10.4 Å². The van der Waals surface area contributed by atoms with Crippen molar-refractivity contribution in [2.75, 3.05) is 13.2 Å². The third-order valence-corrected chi connectivity index (χ3v) is 4.08. The van der Waals surface area contributed by atoms with E-state index in [2.05, 4.69) is 5.10 Å². The third kappa shape index (κ3) is 3.70. The Balaban J connectivity index is 1.73. The van der Waals surface area contributed by atoms with Gasteiger partial charge in [0.25, 0.3) is 5.56 Å². The second kappa shape index (κ2) is 8.01. The average molecular weight is 373 g/mol. The summed E-state index contributed by atoms with van der Waals surface area (Å²) in [6.07, 6.45) is 0. The van der Waals surface area contributed by atoms with Crippen LogP contribution in [0.2, 0.25) is 5.02 Å². The molecule has 6 nitrogen and oxygen atoms in total. The van der Waals surface area contributed by atoms with E-state index < -0.39 is 5.97 Å². The maximum absolute atomic E-state index is 12.4. The molecule has 0 aliphatic carbocycles. The Morgan fingerprint density at radius 2 is 1.77 bits per heavy atom. The number of nitrogens with zero attached hydrogens (tertiary/aromatic N) is 2. The predicted octanol–water partition coefficient (Wildman–Crippen LogP) is 3.31. The van der Waals surface area contributed by atoms with E-state index in [0.29, 0.717) is 28.1 Å². The number of fused-ring (bicyclic) bond motifs is 1. The van der Waals surface area contributed by atoms with Gasteiger partial charge >= 0.3 is 5.97 Å². The molecule has 0 saturated heterocycles. The van der Waals surface area contributed by atoms with Crippen molar-refractivity contribution in [3.8, 4) is 5.75 Å². The van der Waals surface area contributed by atoms with Gasteiger partial charge in [-0.25, -0.2) is 9.48 Å². The third-order valence-electron chi connectivity index (χ3n) is 3.77. The molecule has 0 aliphatic rings. The van der Waals surface area contributed by atoms with E-state index in [1.807, 2.05) is 0 Å². The first kappa shape index (κ1) is 17.9. The molecular formula is C19H17ClN2O4. The summed E-state index contributed by atoms with van der Waals surface area (Å²) >= 11 is 6.00. The van der Waals surface area contributed by atoms with Gasteiger partial charge in [0.2, 0.25) is 0 Å². The first-order valence-electron chi connectivity index (χ1n) is 8.16. The van der Waals surface area contributed by atoms with Crippen LogP contribution in [0.5, 0.6) is 5.75 Å². The number of carbonyl (C=O) groups is 1. The normalized spacial score (nSPS) is 10.7. The summed E-state index contributed by atoms with van der Waals surface area (Å²) in [5.74, 6) is -0.0838. The minimum atomic E-state index is -0.605. The molecule has 0 bridgehead atoms. The van der Waals surface area contributed by atoms with Crippen LogP contribution in [0.3, 0.4) is 0 Å². The minimum Gasteiger partial charge on any atom is -0.488 e. The van der Waals surface area contributed by atoms with Gasteiger partial charge in [-0.2, -0.15) is 5.10 Å². The van der Waals surface area contributed by atoms with Crippen LogP contribution in [0.1, 0.15) is 17.4 Å².